The number of aromatic nitrogens is 2. The molecule has 0 saturated carbocycles. The Morgan fingerprint density at radius 2 is 2.06 bits per heavy atom. The Morgan fingerprint density at radius 1 is 1.22 bits per heavy atom. The first-order chi connectivity index (χ1) is 8.83. The van der Waals surface area contributed by atoms with Crippen LogP contribution < -0.4 is 10.6 Å². The number of benzene rings is 1. The van der Waals surface area contributed by atoms with Crippen molar-refractivity contribution < 1.29 is 4.74 Å². The van der Waals surface area contributed by atoms with Crippen LogP contribution in [0.4, 0.5) is 10.8 Å². The quantitative estimate of drug-likeness (QED) is 0.833. The minimum absolute atomic E-state index is 0.746. The van der Waals surface area contributed by atoms with Crippen LogP contribution >= 0.6 is 11.3 Å². The Labute approximate surface area is 109 Å². The highest BCUT2D eigenvalue weighted by atomic mass is 32.1. The summed E-state index contributed by atoms with van der Waals surface area (Å²) in [7, 11) is 0. The van der Waals surface area contributed by atoms with E-state index in [4.69, 9.17) is 10.5 Å². The predicted octanol–water partition coefficient (Wildman–Crippen LogP) is 1.62. The fourth-order valence-electron chi connectivity index (χ4n) is 1.89. The van der Waals surface area contributed by atoms with Crippen molar-refractivity contribution in [2.75, 3.05) is 36.9 Å². The summed E-state index contributed by atoms with van der Waals surface area (Å²) in [5.74, 6) is 0. The van der Waals surface area contributed by atoms with E-state index in [1.165, 1.54) is 0 Å². The molecule has 5 nitrogen and oxygen atoms in total. The number of nitrogens with zero attached hydrogens (tertiary/aromatic N) is 3. The maximum Gasteiger partial charge on any atom is 0.208 e. The predicted molar refractivity (Wildman–Crippen MR) is 72.8 cm³/mol. The highest BCUT2D eigenvalue weighted by molar-refractivity contribution is 7.18. The Kier molecular flexibility index (Phi) is 3.12. The summed E-state index contributed by atoms with van der Waals surface area (Å²) in [5.41, 5.74) is 7.54. The zero-order valence-electron chi connectivity index (χ0n) is 9.87. The van der Waals surface area contributed by atoms with E-state index < -0.39 is 0 Å². The maximum absolute atomic E-state index is 5.78. The van der Waals surface area contributed by atoms with Gasteiger partial charge in [-0.2, -0.15) is 0 Å². The van der Waals surface area contributed by atoms with Crippen molar-refractivity contribution in [2.24, 2.45) is 0 Å². The molecule has 1 aliphatic heterocycles. The molecule has 1 aromatic carbocycles. The lowest BCUT2D eigenvalue weighted by atomic mass is 10.2. The molecule has 1 aliphatic rings. The lowest BCUT2D eigenvalue weighted by Crippen LogP contribution is -2.36. The Bertz CT molecular complexity index is 536. The van der Waals surface area contributed by atoms with Crippen molar-refractivity contribution in [3.63, 3.8) is 0 Å². The van der Waals surface area contributed by atoms with E-state index in [0.29, 0.717) is 0 Å². The van der Waals surface area contributed by atoms with Gasteiger partial charge in [0.2, 0.25) is 5.13 Å². The zero-order valence-corrected chi connectivity index (χ0v) is 10.7. The molecule has 0 unspecified atom stereocenters. The molecule has 2 heterocycles. The summed E-state index contributed by atoms with van der Waals surface area (Å²) < 4.78 is 5.33. The SMILES string of the molecule is Nc1cccc(-c2nnc(N3CCOCC3)s2)c1. The number of rotatable bonds is 2. The zero-order chi connectivity index (χ0) is 12.4. The first kappa shape index (κ1) is 11.4. The third kappa shape index (κ3) is 2.30. The molecule has 0 amide bonds. The standard InChI is InChI=1S/C12H14N4OS/c13-10-3-1-2-9(8-10)11-14-15-12(18-11)16-4-6-17-7-5-16/h1-3,8H,4-7,13H2. The van der Waals surface area contributed by atoms with Gasteiger partial charge in [0.15, 0.2) is 0 Å². The van der Waals surface area contributed by atoms with Gasteiger partial charge in [0.25, 0.3) is 0 Å². The van der Waals surface area contributed by atoms with Crippen LogP contribution in [0.3, 0.4) is 0 Å². The van der Waals surface area contributed by atoms with Crippen LogP contribution in [0.15, 0.2) is 24.3 Å². The molecule has 18 heavy (non-hydrogen) atoms. The van der Waals surface area contributed by atoms with Gasteiger partial charge in [-0.05, 0) is 12.1 Å². The molecule has 0 radical (unpaired) electrons. The fraction of sp³-hybridized carbons (Fsp3) is 0.333. The van der Waals surface area contributed by atoms with Gasteiger partial charge in [-0.3, -0.25) is 0 Å². The van der Waals surface area contributed by atoms with Gasteiger partial charge in [0.1, 0.15) is 5.01 Å². The van der Waals surface area contributed by atoms with Gasteiger partial charge in [-0.1, -0.05) is 23.5 Å². The Balaban J connectivity index is 1.84. The molecule has 0 aliphatic carbocycles. The van der Waals surface area contributed by atoms with Crippen LogP contribution in [-0.2, 0) is 4.74 Å². The molecule has 2 aromatic rings. The van der Waals surface area contributed by atoms with Crippen LogP contribution in [-0.4, -0.2) is 36.5 Å². The molecule has 0 atom stereocenters. The van der Waals surface area contributed by atoms with Crippen LogP contribution in [0, 0.1) is 0 Å². The molecule has 1 aromatic heterocycles. The second-order valence-corrected chi connectivity index (χ2v) is 5.07. The summed E-state index contributed by atoms with van der Waals surface area (Å²) in [5, 5.41) is 10.3. The molecular formula is C12H14N4OS. The van der Waals surface area contributed by atoms with Gasteiger partial charge in [0, 0.05) is 24.3 Å². The van der Waals surface area contributed by atoms with Crippen LogP contribution in [0.5, 0.6) is 0 Å². The summed E-state index contributed by atoms with van der Waals surface area (Å²) in [6.45, 7) is 3.28. The average molecular weight is 262 g/mol. The van der Waals surface area contributed by atoms with Crippen LogP contribution in [0.25, 0.3) is 10.6 Å². The van der Waals surface area contributed by atoms with Crippen molar-refractivity contribution in [1.29, 1.82) is 0 Å². The first-order valence-electron chi connectivity index (χ1n) is 5.85. The minimum Gasteiger partial charge on any atom is -0.399 e. The van der Waals surface area contributed by atoms with Gasteiger partial charge in [-0.25, -0.2) is 0 Å². The van der Waals surface area contributed by atoms with E-state index in [9.17, 15) is 0 Å². The number of nitrogens with two attached hydrogens (primary N) is 1. The second-order valence-electron chi connectivity index (χ2n) is 4.11. The van der Waals surface area contributed by atoms with Crippen molar-refractivity contribution >= 4 is 22.2 Å². The molecule has 0 spiro atoms. The summed E-state index contributed by atoms with van der Waals surface area (Å²) in [6.07, 6.45) is 0. The van der Waals surface area contributed by atoms with Crippen molar-refractivity contribution in [3.8, 4) is 10.6 Å². The van der Waals surface area contributed by atoms with Crippen molar-refractivity contribution in [2.45, 2.75) is 0 Å². The number of nitrogen functional groups attached to an aromatic ring is 1. The first-order valence-corrected chi connectivity index (χ1v) is 6.67. The third-order valence-electron chi connectivity index (χ3n) is 2.83. The molecule has 94 valence electrons. The maximum atomic E-state index is 5.78. The average Bonchev–Trinajstić information content (AvgIpc) is 2.89. The summed E-state index contributed by atoms with van der Waals surface area (Å²) >= 11 is 1.59. The third-order valence-corrected chi connectivity index (χ3v) is 3.86. The van der Waals surface area contributed by atoms with Gasteiger partial charge in [0.05, 0.1) is 13.2 Å². The highest BCUT2D eigenvalue weighted by Crippen LogP contribution is 2.29. The number of hydrogen-bond donors (Lipinski definition) is 1. The normalized spacial score (nSPS) is 15.9. The van der Waals surface area contributed by atoms with Gasteiger partial charge >= 0.3 is 0 Å². The molecule has 1 saturated heterocycles. The van der Waals surface area contributed by atoms with Crippen LogP contribution in [0.1, 0.15) is 0 Å². The molecular weight excluding hydrogens is 248 g/mol. The van der Waals surface area contributed by atoms with E-state index in [-0.39, 0.29) is 0 Å². The smallest absolute Gasteiger partial charge is 0.208 e. The Morgan fingerprint density at radius 3 is 2.83 bits per heavy atom. The van der Waals surface area contributed by atoms with Crippen molar-refractivity contribution in [1.82, 2.24) is 10.2 Å². The number of morpholine rings is 1. The Hall–Kier alpha value is -1.66. The van der Waals surface area contributed by atoms with E-state index in [0.717, 1.165) is 47.7 Å². The summed E-state index contributed by atoms with van der Waals surface area (Å²) in [6, 6.07) is 7.72. The summed E-state index contributed by atoms with van der Waals surface area (Å²) in [4.78, 5) is 2.21. The minimum atomic E-state index is 0.746. The van der Waals surface area contributed by atoms with E-state index >= 15 is 0 Å². The lowest BCUT2D eigenvalue weighted by molar-refractivity contribution is 0.122. The van der Waals surface area contributed by atoms with E-state index in [2.05, 4.69) is 15.1 Å². The number of hydrogen-bond acceptors (Lipinski definition) is 6. The fourth-order valence-corrected chi connectivity index (χ4v) is 2.78. The van der Waals surface area contributed by atoms with E-state index in [1.54, 1.807) is 11.3 Å². The lowest BCUT2D eigenvalue weighted by Gasteiger charge is -2.25. The van der Waals surface area contributed by atoms with Crippen LogP contribution in [0.2, 0.25) is 0 Å². The van der Waals surface area contributed by atoms with Gasteiger partial charge < -0.3 is 15.4 Å². The molecule has 6 heteroatoms. The molecule has 1 fully saturated rings. The second kappa shape index (κ2) is 4.91. The van der Waals surface area contributed by atoms with Gasteiger partial charge in [-0.15, -0.1) is 10.2 Å². The monoisotopic (exact) mass is 262 g/mol. The number of ether oxygens (including phenoxy) is 1. The topological polar surface area (TPSA) is 64.3 Å². The molecule has 0 bridgehead atoms. The largest absolute Gasteiger partial charge is 0.399 e. The van der Waals surface area contributed by atoms with Crippen molar-refractivity contribution in [3.05, 3.63) is 24.3 Å². The molecule has 3 rings (SSSR count). The highest BCUT2D eigenvalue weighted by Gasteiger charge is 2.16. The molecule has 2 N–H and O–H groups in total. The number of anilines is 2. The van der Waals surface area contributed by atoms with E-state index in [1.807, 2.05) is 24.3 Å².